The first kappa shape index (κ1) is 8.45. The summed E-state index contributed by atoms with van der Waals surface area (Å²) in [6, 6.07) is 0. The number of hydrogen-bond donors (Lipinski definition) is 0. The normalized spacial score (nSPS) is 27.0. The second-order valence-electron chi connectivity index (χ2n) is 3.98. The minimum absolute atomic E-state index is 0.632. The summed E-state index contributed by atoms with van der Waals surface area (Å²) in [6.45, 7) is 4.80. The average molecular weight is 158 g/mol. The molecule has 0 aromatic heterocycles. The zero-order valence-corrected chi connectivity index (χ0v) is 7.97. The number of hydrogen-bond acceptors (Lipinski definition) is 1. The lowest BCUT2D eigenvalue weighted by Crippen LogP contribution is -2.14. The molecule has 0 aromatic carbocycles. The zero-order chi connectivity index (χ0) is 7.45. The van der Waals surface area contributed by atoms with E-state index in [0.29, 0.717) is 5.41 Å². The predicted molar refractivity (Wildman–Crippen MR) is 49.6 cm³/mol. The van der Waals surface area contributed by atoms with Gasteiger partial charge in [0.15, 0.2) is 0 Å². The minimum Gasteiger partial charge on any atom is -0.162 e. The van der Waals surface area contributed by atoms with Gasteiger partial charge in [-0.3, -0.25) is 0 Å². The maximum absolute atomic E-state index is 2.40. The van der Waals surface area contributed by atoms with Crippen molar-refractivity contribution in [3.63, 3.8) is 0 Å². The molecule has 0 aromatic rings. The summed E-state index contributed by atoms with van der Waals surface area (Å²) in [5.41, 5.74) is 0.632. The van der Waals surface area contributed by atoms with Crippen molar-refractivity contribution in [1.82, 2.24) is 0 Å². The Morgan fingerprint density at radius 1 is 1.00 bits per heavy atom. The van der Waals surface area contributed by atoms with E-state index < -0.39 is 0 Å². The monoisotopic (exact) mass is 158 g/mol. The van der Waals surface area contributed by atoms with Crippen LogP contribution >= 0.6 is 11.8 Å². The predicted octanol–water partition coefficient (Wildman–Crippen LogP) is 3.32. The standard InChI is InChI=1S/C9H18S/c1-9(2)5-3-4-7-10-8-6-9/h3-8H2,1-2H3. The highest BCUT2D eigenvalue weighted by molar-refractivity contribution is 7.99. The summed E-state index contributed by atoms with van der Waals surface area (Å²) < 4.78 is 0. The molecular weight excluding hydrogens is 140 g/mol. The minimum atomic E-state index is 0.632. The highest BCUT2D eigenvalue weighted by Gasteiger charge is 2.18. The Morgan fingerprint density at radius 3 is 2.60 bits per heavy atom. The van der Waals surface area contributed by atoms with Crippen LogP contribution in [0.1, 0.15) is 39.5 Å². The Bertz CT molecular complexity index is 86.9. The quantitative estimate of drug-likeness (QED) is 0.521. The second-order valence-corrected chi connectivity index (χ2v) is 5.21. The molecule has 1 aliphatic heterocycles. The van der Waals surface area contributed by atoms with Crippen molar-refractivity contribution in [1.29, 1.82) is 0 Å². The van der Waals surface area contributed by atoms with Gasteiger partial charge in [0.25, 0.3) is 0 Å². The van der Waals surface area contributed by atoms with Crippen molar-refractivity contribution in [3.05, 3.63) is 0 Å². The Hall–Kier alpha value is 0.350. The summed E-state index contributed by atoms with van der Waals surface area (Å²) in [5.74, 6) is 2.78. The van der Waals surface area contributed by atoms with Crippen LogP contribution in [0.2, 0.25) is 0 Å². The fraction of sp³-hybridized carbons (Fsp3) is 1.00. The highest BCUT2D eigenvalue weighted by Crippen LogP contribution is 2.31. The second kappa shape index (κ2) is 3.66. The van der Waals surface area contributed by atoms with E-state index in [1.807, 2.05) is 0 Å². The largest absolute Gasteiger partial charge is 0.162 e. The zero-order valence-electron chi connectivity index (χ0n) is 7.15. The molecule has 1 rings (SSSR count). The van der Waals surface area contributed by atoms with Gasteiger partial charge in [-0.25, -0.2) is 0 Å². The van der Waals surface area contributed by atoms with Crippen LogP contribution in [0.5, 0.6) is 0 Å². The van der Waals surface area contributed by atoms with Crippen molar-refractivity contribution in [2.24, 2.45) is 5.41 Å². The lowest BCUT2D eigenvalue weighted by molar-refractivity contribution is 0.312. The van der Waals surface area contributed by atoms with Gasteiger partial charge in [-0.2, -0.15) is 11.8 Å². The first-order valence-electron chi connectivity index (χ1n) is 4.28. The summed E-state index contributed by atoms with van der Waals surface area (Å²) in [7, 11) is 0. The Labute approximate surface area is 68.8 Å². The van der Waals surface area contributed by atoms with E-state index in [-0.39, 0.29) is 0 Å². The Kier molecular flexibility index (Phi) is 3.09. The first-order valence-corrected chi connectivity index (χ1v) is 5.44. The van der Waals surface area contributed by atoms with E-state index in [2.05, 4.69) is 25.6 Å². The molecule has 0 aliphatic carbocycles. The molecule has 0 saturated carbocycles. The van der Waals surface area contributed by atoms with Gasteiger partial charge in [0.1, 0.15) is 0 Å². The van der Waals surface area contributed by atoms with Crippen molar-refractivity contribution >= 4 is 11.8 Å². The molecule has 0 radical (unpaired) electrons. The van der Waals surface area contributed by atoms with Crippen LogP contribution in [0, 0.1) is 5.41 Å². The maximum atomic E-state index is 2.40. The van der Waals surface area contributed by atoms with E-state index >= 15 is 0 Å². The van der Waals surface area contributed by atoms with E-state index in [1.54, 1.807) is 0 Å². The van der Waals surface area contributed by atoms with Gasteiger partial charge in [-0.1, -0.05) is 20.3 Å². The summed E-state index contributed by atoms with van der Waals surface area (Å²) >= 11 is 2.13. The molecule has 1 heterocycles. The van der Waals surface area contributed by atoms with Crippen molar-refractivity contribution in [2.45, 2.75) is 39.5 Å². The van der Waals surface area contributed by atoms with Crippen LogP contribution in [0.4, 0.5) is 0 Å². The van der Waals surface area contributed by atoms with Crippen LogP contribution in [-0.2, 0) is 0 Å². The summed E-state index contributed by atoms with van der Waals surface area (Å²) in [5, 5.41) is 0. The van der Waals surface area contributed by atoms with Crippen molar-refractivity contribution in [2.75, 3.05) is 11.5 Å². The molecule has 0 atom stereocenters. The van der Waals surface area contributed by atoms with Gasteiger partial charge in [-0.05, 0) is 36.2 Å². The summed E-state index contributed by atoms with van der Waals surface area (Å²) in [4.78, 5) is 0. The van der Waals surface area contributed by atoms with E-state index in [4.69, 9.17) is 0 Å². The lowest BCUT2D eigenvalue weighted by Gasteiger charge is -2.26. The molecule has 1 heteroatoms. The van der Waals surface area contributed by atoms with Crippen LogP contribution in [0.25, 0.3) is 0 Å². The molecule has 1 fully saturated rings. The van der Waals surface area contributed by atoms with E-state index in [1.165, 1.54) is 37.2 Å². The van der Waals surface area contributed by atoms with Crippen LogP contribution in [-0.4, -0.2) is 11.5 Å². The molecule has 0 amide bonds. The number of thioether (sulfide) groups is 1. The molecule has 10 heavy (non-hydrogen) atoms. The Balaban J connectivity index is 2.30. The van der Waals surface area contributed by atoms with Crippen molar-refractivity contribution < 1.29 is 0 Å². The van der Waals surface area contributed by atoms with Gasteiger partial charge in [-0.15, -0.1) is 0 Å². The highest BCUT2D eigenvalue weighted by atomic mass is 32.2. The van der Waals surface area contributed by atoms with Gasteiger partial charge in [0.2, 0.25) is 0 Å². The number of rotatable bonds is 0. The summed E-state index contributed by atoms with van der Waals surface area (Å²) in [6.07, 6.45) is 5.74. The molecule has 0 spiro atoms. The van der Waals surface area contributed by atoms with Gasteiger partial charge >= 0.3 is 0 Å². The maximum Gasteiger partial charge on any atom is -0.00625 e. The third-order valence-corrected chi connectivity index (χ3v) is 3.39. The fourth-order valence-corrected chi connectivity index (χ4v) is 2.69. The van der Waals surface area contributed by atoms with E-state index in [0.717, 1.165) is 0 Å². The van der Waals surface area contributed by atoms with Gasteiger partial charge < -0.3 is 0 Å². The first-order chi connectivity index (χ1) is 4.71. The molecule has 0 nitrogen and oxygen atoms in total. The molecule has 60 valence electrons. The fourth-order valence-electron chi connectivity index (χ4n) is 1.38. The van der Waals surface area contributed by atoms with Crippen LogP contribution < -0.4 is 0 Å². The molecular formula is C9H18S. The average Bonchev–Trinajstić information content (AvgIpc) is 1.81. The molecule has 1 aliphatic rings. The van der Waals surface area contributed by atoms with Crippen LogP contribution in [0.15, 0.2) is 0 Å². The van der Waals surface area contributed by atoms with E-state index in [9.17, 15) is 0 Å². The third kappa shape index (κ3) is 2.96. The molecule has 0 N–H and O–H groups in total. The smallest absolute Gasteiger partial charge is 0.00625 e. The molecule has 0 unspecified atom stereocenters. The van der Waals surface area contributed by atoms with Crippen LogP contribution in [0.3, 0.4) is 0 Å². The SMILES string of the molecule is CC1(C)CCCCSCC1. The molecule has 0 bridgehead atoms. The van der Waals surface area contributed by atoms with Gasteiger partial charge in [0.05, 0.1) is 0 Å². The lowest BCUT2D eigenvalue weighted by atomic mass is 9.84. The Morgan fingerprint density at radius 2 is 1.80 bits per heavy atom. The van der Waals surface area contributed by atoms with Gasteiger partial charge in [0, 0.05) is 0 Å². The third-order valence-electron chi connectivity index (χ3n) is 2.32. The topological polar surface area (TPSA) is 0 Å². The molecule has 1 saturated heterocycles. The van der Waals surface area contributed by atoms with Crippen molar-refractivity contribution in [3.8, 4) is 0 Å².